The number of carbonyl (C=O) groups is 1. The summed E-state index contributed by atoms with van der Waals surface area (Å²) in [4.78, 5) is 23.2. The zero-order valence-corrected chi connectivity index (χ0v) is 11.7. The lowest BCUT2D eigenvalue weighted by atomic mass is 10.3. The van der Waals surface area contributed by atoms with Gasteiger partial charge in [0.15, 0.2) is 0 Å². The van der Waals surface area contributed by atoms with Crippen LogP contribution in [-0.4, -0.2) is 51.5 Å². The molecule has 1 N–H and O–H groups in total. The second-order valence-electron chi connectivity index (χ2n) is 4.71. The molecule has 0 aliphatic carbocycles. The summed E-state index contributed by atoms with van der Waals surface area (Å²) >= 11 is 0. The van der Waals surface area contributed by atoms with Crippen LogP contribution in [0.2, 0.25) is 0 Å². The van der Waals surface area contributed by atoms with Gasteiger partial charge in [-0.1, -0.05) is 0 Å². The summed E-state index contributed by atoms with van der Waals surface area (Å²) in [5, 5.41) is 19.7. The zero-order chi connectivity index (χ0) is 16.2. The number of amides is 1. The number of nitro groups is 1. The molecule has 0 radical (unpaired) electrons. The first-order chi connectivity index (χ1) is 9.77. The summed E-state index contributed by atoms with van der Waals surface area (Å²) in [6.45, 7) is 1.85. The van der Waals surface area contributed by atoms with Gasteiger partial charge in [-0.3, -0.25) is 14.9 Å². The fraction of sp³-hybridized carbons (Fsp3) is 0.583. The maximum absolute atomic E-state index is 12.5. The number of aliphatic hydroxyl groups excluding tert-OH is 1. The largest absolute Gasteiger partial charge is 0.395 e. The Balaban J connectivity index is 3.16. The lowest BCUT2D eigenvalue weighted by Crippen LogP contribution is -2.38. The Bertz CT molecular complexity index is 517. The second-order valence-corrected chi connectivity index (χ2v) is 4.71. The quantitative estimate of drug-likeness (QED) is 0.613. The Kier molecular flexibility index (Phi) is 5.77. The monoisotopic (exact) mass is 305 g/mol. The molecule has 21 heavy (non-hydrogen) atoms. The van der Waals surface area contributed by atoms with Crippen LogP contribution in [0.25, 0.3) is 0 Å². The molecule has 0 bridgehead atoms. The molecule has 9 heteroatoms. The van der Waals surface area contributed by atoms with E-state index in [1.807, 2.05) is 0 Å². The first kappa shape index (κ1) is 17.0. The fourth-order valence-corrected chi connectivity index (χ4v) is 1.89. The van der Waals surface area contributed by atoms with E-state index in [0.29, 0.717) is 0 Å². The van der Waals surface area contributed by atoms with Crippen LogP contribution in [0.1, 0.15) is 30.4 Å². The topological polar surface area (TPSA) is 88.6 Å². The average Bonchev–Trinajstić information content (AvgIpc) is 2.82. The maximum atomic E-state index is 12.5. The van der Waals surface area contributed by atoms with E-state index < -0.39 is 30.4 Å². The molecule has 1 aromatic rings. The van der Waals surface area contributed by atoms with Gasteiger partial charge in [-0.15, -0.1) is 0 Å². The molecule has 0 unspecified atom stereocenters. The van der Waals surface area contributed by atoms with Crippen molar-refractivity contribution in [3.63, 3.8) is 0 Å². The predicted molar refractivity (Wildman–Crippen MR) is 70.5 cm³/mol. The predicted octanol–water partition coefficient (Wildman–Crippen LogP) is 1.68. The number of halogens is 2. The molecular formula is C12H17F2N3O4. The Hall–Kier alpha value is -2.03. The van der Waals surface area contributed by atoms with E-state index in [-0.39, 0.29) is 24.0 Å². The van der Waals surface area contributed by atoms with Crippen molar-refractivity contribution in [1.29, 1.82) is 0 Å². The number of rotatable bonds is 7. The number of hydrogen-bond donors (Lipinski definition) is 1. The minimum atomic E-state index is -2.75. The Labute approximate surface area is 119 Å². The lowest BCUT2D eigenvalue weighted by Gasteiger charge is -2.22. The summed E-state index contributed by atoms with van der Waals surface area (Å²) in [6, 6.07) is 0.804. The van der Waals surface area contributed by atoms with Crippen molar-refractivity contribution in [2.75, 3.05) is 19.7 Å². The van der Waals surface area contributed by atoms with Crippen LogP contribution in [0.4, 0.5) is 14.5 Å². The van der Waals surface area contributed by atoms with E-state index in [4.69, 9.17) is 5.11 Å². The van der Waals surface area contributed by atoms with Gasteiger partial charge in [0.1, 0.15) is 5.69 Å². The van der Waals surface area contributed by atoms with Gasteiger partial charge in [0.25, 0.3) is 18.0 Å². The highest BCUT2D eigenvalue weighted by molar-refractivity contribution is 5.93. The minimum absolute atomic E-state index is 0.0502. The lowest BCUT2D eigenvalue weighted by molar-refractivity contribution is -0.384. The highest BCUT2D eigenvalue weighted by atomic mass is 19.3. The van der Waals surface area contributed by atoms with Crippen molar-refractivity contribution >= 4 is 11.6 Å². The van der Waals surface area contributed by atoms with Gasteiger partial charge in [0, 0.05) is 18.7 Å². The van der Waals surface area contributed by atoms with Gasteiger partial charge in [0.05, 0.1) is 24.3 Å². The number of aromatic nitrogens is 1. The van der Waals surface area contributed by atoms with Crippen molar-refractivity contribution in [1.82, 2.24) is 9.47 Å². The minimum Gasteiger partial charge on any atom is -0.395 e. The molecule has 0 saturated heterocycles. The van der Waals surface area contributed by atoms with E-state index in [1.165, 1.54) is 10.8 Å². The van der Waals surface area contributed by atoms with Crippen LogP contribution < -0.4 is 0 Å². The smallest absolute Gasteiger partial charge is 0.287 e. The Morgan fingerprint density at radius 2 is 2.14 bits per heavy atom. The van der Waals surface area contributed by atoms with Gasteiger partial charge < -0.3 is 14.6 Å². The molecule has 118 valence electrons. The molecule has 1 heterocycles. The van der Waals surface area contributed by atoms with Crippen LogP contribution >= 0.6 is 0 Å². The maximum Gasteiger partial charge on any atom is 0.287 e. The van der Waals surface area contributed by atoms with Crippen molar-refractivity contribution in [3.05, 3.63) is 28.1 Å². The second kappa shape index (κ2) is 7.11. The average molecular weight is 305 g/mol. The molecule has 1 aromatic heterocycles. The number of aliphatic hydroxyl groups is 1. The van der Waals surface area contributed by atoms with Crippen LogP contribution in [0.3, 0.4) is 0 Å². The van der Waals surface area contributed by atoms with Crippen molar-refractivity contribution in [2.45, 2.75) is 26.3 Å². The van der Waals surface area contributed by atoms with Gasteiger partial charge in [-0.2, -0.15) is 0 Å². The number of hydrogen-bond acceptors (Lipinski definition) is 4. The molecular weight excluding hydrogens is 288 g/mol. The molecule has 7 nitrogen and oxygen atoms in total. The third-order valence-electron chi connectivity index (χ3n) is 2.84. The third kappa shape index (κ3) is 4.22. The van der Waals surface area contributed by atoms with Gasteiger partial charge >= 0.3 is 0 Å². The summed E-state index contributed by atoms with van der Waals surface area (Å²) < 4.78 is 26.3. The summed E-state index contributed by atoms with van der Waals surface area (Å²) in [5.74, 6) is -0.772. The molecule has 1 rings (SSSR count). The standard InChI is InChI=1S/C12H17F2N3O4/c1-8(2)16-6-9(17(20)21)5-10(16)12(19)15(3-4-18)7-11(13)14/h5-6,8,11,18H,3-4,7H2,1-2H3. The van der Waals surface area contributed by atoms with E-state index in [1.54, 1.807) is 13.8 Å². The van der Waals surface area contributed by atoms with Crippen LogP contribution in [0.15, 0.2) is 12.3 Å². The third-order valence-corrected chi connectivity index (χ3v) is 2.84. The molecule has 0 spiro atoms. The molecule has 0 aromatic carbocycles. The zero-order valence-electron chi connectivity index (χ0n) is 11.7. The molecule has 0 fully saturated rings. The van der Waals surface area contributed by atoms with Crippen LogP contribution in [0.5, 0.6) is 0 Å². The van der Waals surface area contributed by atoms with E-state index >= 15 is 0 Å². The van der Waals surface area contributed by atoms with Crippen molar-refractivity contribution in [3.8, 4) is 0 Å². The summed E-state index contributed by atoms with van der Waals surface area (Å²) in [5.41, 5.74) is -0.334. The van der Waals surface area contributed by atoms with Gasteiger partial charge in [0.2, 0.25) is 0 Å². The fourth-order valence-electron chi connectivity index (χ4n) is 1.89. The molecule has 0 aliphatic heterocycles. The number of alkyl halides is 2. The van der Waals surface area contributed by atoms with Gasteiger partial charge in [-0.25, -0.2) is 8.78 Å². The number of nitrogens with zero attached hydrogens (tertiary/aromatic N) is 3. The molecule has 0 atom stereocenters. The number of carbonyl (C=O) groups excluding carboxylic acids is 1. The van der Waals surface area contributed by atoms with Crippen LogP contribution in [-0.2, 0) is 0 Å². The highest BCUT2D eigenvalue weighted by Crippen LogP contribution is 2.22. The molecule has 0 saturated carbocycles. The normalized spacial score (nSPS) is 11.2. The Morgan fingerprint density at radius 1 is 1.52 bits per heavy atom. The first-order valence-electron chi connectivity index (χ1n) is 6.32. The highest BCUT2D eigenvalue weighted by Gasteiger charge is 2.26. The van der Waals surface area contributed by atoms with Crippen LogP contribution in [0, 0.1) is 10.1 Å². The summed E-state index contributed by atoms with van der Waals surface area (Å²) in [6.07, 6.45) is -1.56. The van der Waals surface area contributed by atoms with Gasteiger partial charge in [-0.05, 0) is 13.8 Å². The Morgan fingerprint density at radius 3 is 2.57 bits per heavy atom. The van der Waals surface area contributed by atoms with E-state index in [0.717, 1.165) is 11.0 Å². The summed E-state index contributed by atoms with van der Waals surface area (Å²) in [7, 11) is 0. The molecule has 0 aliphatic rings. The SMILES string of the molecule is CC(C)n1cc([N+](=O)[O-])cc1C(=O)N(CCO)CC(F)F. The van der Waals surface area contributed by atoms with E-state index in [2.05, 4.69) is 0 Å². The molecule has 1 amide bonds. The first-order valence-corrected chi connectivity index (χ1v) is 6.32. The van der Waals surface area contributed by atoms with E-state index in [9.17, 15) is 23.7 Å². The van der Waals surface area contributed by atoms with Crippen molar-refractivity contribution < 1.29 is 23.6 Å². The van der Waals surface area contributed by atoms with Crippen molar-refractivity contribution in [2.24, 2.45) is 0 Å².